The van der Waals surface area contributed by atoms with Crippen LogP contribution in [0.15, 0.2) is 52.3 Å². The van der Waals surface area contributed by atoms with Crippen LogP contribution in [0.3, 0.4) is 0 Å². The van der Waals surface area contributed by atoms with Gasteiger partial charge in [0.25, 0.3) is 20.2 Å². The molecular formula is C16H16N2O6S3. The van der Waals surface area contributed by atoms with E-state index in [1.807, 2.05) is 0 Å². The normalized spacial score (nSPS) is 12.1. The van der Waals surface area contributed by atoms with Crippen LogP contribution in [0.25, 0.3) is 12.2 Å². The molecule has 0 spiro atoms. The molecule has 0 amide bonds. The van der Waals surface area contributed by atoms with Crippen LogP contribution in [-0.2, 0) is 20.2 Å². The molecule has 0 bridgehead atoms. The molecular weight excluding hydrogens is 412 g/mol. The molecule has 0 saturated heterocycles. The highest BCUT2D eigenvalue weighted by molar-refractivity contribution is 7.86. The van der Waals surface area contributed by atoms with Gasteiger partial charge in [0.1, 0.15) is 9.79 Å². The fourth-order valence-electron chi connectivity index (χ4n) is 2.20. The van der Waals surface area contributed by atoms with Gasteiger partial charge in [0.2, 0.25) is 0 Å². The van der Waals surface area contributed by atoms with Crippen LogP contribution in [0, 0.1) is 0 Å². The van der Waals surface area contributed by atoms with E-state index in [2.05, 4.69) is 10.6 Å². The minimum absolute atomic E-state index is 0.114. The van der Waals surface area contributed by atoms with E-state index in [-0.39, 0.29) is 21.1 Å². The van der Waals surface area contributed by atoms with Crippen molar-refractivity contribution in [1.82, 2.24) is 5.32 Å². The molecule has 8 nitrogen and oxygen atoms in total. The molecule has 0 radical (unpaired) electrons. The Morgan fingerprint density at radius 2 is 1.48 bits per heavy atom. The van der Waals surface area contributed by atoms with E-state index in [1.54, 1.807) is 13.1 Å². The first-order valence-corrected chi connectivity index (χ1v) is 10.7. The largest absolute Gasteiger partial charge is 0.366 e. The van der Waals surface area contributed by atoms with Crippen molar-refractivity contribution >= 4 is 55.4 Å². The minimum atomic E-state index is -4.56. The molecule has 0 aliphatic carbocycles. The highest BCUT2D eigenvalue weighted by Crippen LogP contribution is 2.24. The Morgan fingerprint density at radius 3 is 2.04 bits per heavy atom. The van der Waals surface area contributed by atoms with Crippen molar-refractivity contribution in [3.63, 3.8) is 0 Å². The third kappa shape index (κ3) is 5.58. The van der Waals surface area contributed by atoms with Crippen molar-refractivity contribution in [2.24, 2.45) is 0 Å². The first-order chi connectivity index (χ1) is 12.5. The fraction of sp³-hybridized carbons (Fsp3) is 0.0625. The van der Waals surface area contributed by atoms with E-state index < -0.39 is 25.1 Å². The molecule has 0 aromatic heterocycles. The standard InChI is InChI=1S/C16H16N2O6S3/c1-17-16(25)18-13-9-8-12(15(10-13)27(22,23)24)7-6-11-4-2-3-5-14(11)26(19,20)21/h2-10H,1H3,(H2,17,18,25)(H,19,20,21)(H,22,23,24)/b7-6+. The Bertz CT molecular complexity index is 1110. The van der Waals surface area contributed by atoms with Crippen molar-refractivity contribution in [1.29, 1.82) is 0 Å². The van der Waals surface area contributed by atoms with Gasteiger partial charge in [-0.2, -0.15) is 16.8 Å². The summed E-state index contributed by atoms with van der Waals surface area (Å²) < 4.78 is 65.0. The van der Waals surface area contributed by atoms with Crippen molar-refractivity contribution in [3.05, 3.63) is 53.6 Å². The molecule has 2 aromatic carbocycles. The Balaban J connectivity index is 2.51. The highest BCUT2D eigenvalue weighted by atomic mass is 32.2. The van der Waals surface area contributed by atoms with Crippen LogP contribution in [0.2, 0.25) is 0 Å². The molecule has 0 fully saturated rings. The Kier molecular flexibility index (Phi) is 6.34. The zero-order chi connectivity index (χ0) is 20.2. The lowest BCUT2D eigenvalue weighted by atomic mass is 10.1. The number of thiocarbonyl (C=S) groups is 1. The van der Waals surface area contributed by atoms with E-state index in [0.29, 0.717) is 5.69 Å². The topological polar surface area (TPSA) is 133 Å². The monoisotopic (exact) mass is 428 g/mol. The van der Waals surface area contributed by atoms with Gasteiger partial charge in [-0.1, -0.05) is 36.4 Å². The van der Waals surface area contributed by atoms with E-state index in [9.17, 15) is 25.9 Å². The van der Waals surface area contributed by atoms with E-state index in [4.69, 9.17) is 12.2 Å². The SMILES string of the molecule is CNC(=S)Nc1ccc(/C=C/c2ccccc2S(=O)(=O)O)c(S(=O)(=O)O)c1. The average molecular weight is 429 g/mol. The molecule has 4 N–H and O–H groups in total. The summed E-state index contributed by atoms with van der Waals surface area (Å²) in [6.07, 6.45) is 2.63. The molecule has 0 saturated carbocycles. The van der Waals surface area contributed by atoms with Gasteiger partial charge >= 0.3 is 0 Å². The summed E-state index contributed by atoms with van der Waals surface area (Å²) in [6.45, 7) is 0. The maximum absolute atomic E-state index is 11.7. The number of rotatable bonds is 5. The van der Waals surface area contributed by atoms with Crippen LogP contribution in [0.4, 0.5) is 5.69 Å². The molecule has 0 aliphatic rings. The van der Waals surface area contributed by atoms with Gasteiger partial charge in [0.05, 0.1) is 0 Å². The summed E-state index contributed by atoms with van der Waals surface area (Å²) in [6, 6.07) is 9.79. The van der Waals surface area contributed by atoms with Crippen LogP contribution in [-0.4, -0.2) is 38.1 Å². The molecule has 0 aliphatic heterocycles. The lowest BCUT2D eigenvalue weighted by molar-refractivity contribution is 0.480. The third-order valence-corrected chi connectivity index (χ3v) is 5.56. The second kappa shape index (κ2) is 8.15. The number of hydrogen-bond donors (Lipinski definition) is 4. The van der Waals surface area contributed by atoms with Crippen LogP contribution in [0.5, 0.6) is 0 Å². The molecule has 0 unspecified atom stereocenters. The van der Waals surface area contributed by atoms with Gasteiger partial charge in [-0.15, -0.1) is 0 Å². The van der Waals surface area contributed by atoms with Crippen LogP contribution >= 0.6 is 12.2 Å². The quantitative estimate of drug-likeness (QED) is 0.321. The van der Waals surface area contributed by atoms with Gasteiger partial charge in [-0.05, 0) is 41.5 Å². The predicted molar refractivity (Wildman–Crippen MR) is 107 cm³/mol. The maximum Gasteiger partial charge on any atom is 0.295 e. The minimum Gasteiger partial charge on any atom is -0.366 e. The summed E-state index contributed by atoms with van der Waals surface area (Å²) in [4.78, 5) is -0.723. The summed E-state index contributed by atoms with van der Waals surface area (Å²) in [5, 5.41) is 5.66. The molecule has 27 heavy (non-hydrogen) atoms. The molecule has 11 heteroatoms. The second-order valence-electron chi connectivity index (χ2n) is 5.28. The zero-order valence-electron chi connectivity index (χ0n) is 13.9. The van der Waals surface area contributed by atoms with Crippen LogP contribution < -0.4 is 10.6 Å². The number of anilines is 1. The zero-order valence-corrected chi connectivity index (χ0v) is 16.4. The number of nitrogens with one attached hydrogen (secondary N) is 2. The number of hydrogen-bond acceptors (Lipinski definition) is 5. The Hall–Kier alpha value is -2.31. The molecule has 144 valence electrons. The molecule has 0 atom stereocenters. The first kappa shape index (κ1) is 21.0. The van der Waals surface area contributed by atoms with E-state index >= 15 is 0 Å². The molecule has 2 rings (SSSR count). The van der Waals surface area contributed by atoms with Gasteiger partial charge in [0.15, 0.2) is 5.11 Å². The van der Waals surface area contributed by atoms with Crippen LogP contribution in [0.1, 0.15) is 11.1 Å². The third-order valence-electron chi connectivity index (χ3n) is 3.42. The maximum atomic E-state index is 11.7. The predicted octanol–water partition coefficient (Wildman–Crippen LogP) is 2.27. The summed E-state index contributed by atoms with van der Waals surface area (Å²) in [7, 11) is -7.43. The van der Waals surface area contributed by atoms with Gasteiger partial charge in [0, 0.05) is 12.7 Å². The Labute approximate surface area is 162 Å². The van der Waals surface area contributed by atoms with E-state index in [0.717, 1.165) is 0 Å². The summed E-state index contributed by atoms with van der Waals surface area (Å²) in [5.74, 6) is 0. The van der Waals surface area contributed by atoms with Crippen molar-refractivity contribution in [2.75, 3.05) is 12.4 Å². The van der Waals surface area contributed by atoms with Gasteiger partial charge < -0.3 is 10.6 Å². The van der Waals surface area contributed by atoms with E-state index in [1.165, 1.54) is 48.6 Å². The molecule has 2 aromatic rings. The number of benzene rings is 2. The fourth-order valence-corrected chi connectivity index (χ4v) is 3.71. The van der Waals surface area contributed by atoms with Crippen molar-refractivity contribution in [2.45, 2.75) is 9.79 Å². The van der Waals surface area contributed by atoms with Crippen molar-refractivity contribution in [3.8, 4) is 0 Å². The highest BCUT2D eigenvalue weighted by Gasteiger charge is 2.16. The lowest BCUT2D eigenvalue weighted by Crippen LogP contribution is -2.24. The second-order valence-corrected chi connectivity index (χ2v) is 8.47. The lowest BCUT2D eigenvalue weighted by Gasteiger charge is -2.10. The van der Waals surface area contributed by atoms with Gasteiger partial charge in [-0.3, -0.25) is 9.11 Å². The van der Waals surface area contributed by atoms with Gasteiger partial charge in [-0.25, -0.2) is 0 Å². The summed E-state index contributed by atoms with van der Waals surface area (Å²) in [5.41, 5.74) is 0.598. The summed E-state index contributed by atoms with van der Waals surface area (Å²) >= 11 is 4.94. The first-order valence-electron chi connectivity index (χ1n) is 7.37. The van der Waals surface area contributed by atoms with Crippen molar-refractivity contribution < 1.29 is 25.9 Å². The molecule has 0 heterocycles. The Morgan fingerprint density at radius 1 is 0.926 bits per heavy atom. The smallest absolute Gasteiger partial charge is 0.295 e. The average Bonchev–Trinajstić information content (AvgIpc) is 2.59.